The van der Waals surface area contributed by atoms with Crippen molar-refractivity contribution in [3.8, 4) is 0 Å². The first-order valence-corrected chi connectivity index (χ1v) is 7.58. The summed E-state index contributed by atoms with van der Waals surface area (Å²) in [7, 11) is -3.26. The summed E-state index contributed by atoms with van der Waals surface area (Å²) in [5, 5.41) is 0. The van der Waals surface area contributed by atoms with E-state index in [9.17, 15) is 12.8 Å². The van der Waals surface area contributed by atoms with E-state index in [-0.39, 0.29) is 10.7 Å². The van der Waals surface area contributed by atoms with Gasteiger partial charge in [-0.05, 0) is 35.4 Å². The molecule has 2 rings (SSSR count). The average molecular weight is 279 g/mol. The molecule has 0 spiro atoms. The topological polar surface area (TPSA) is 60.2 Å². The summed E-state index contributed by atoms with van der Waals surface area (Å²) in [6, 6.07) is 11.8. The van der Waals surface area contributed by atoms with Crippen LogP contribution in [0, 0.1) is 5.82 Å². The second kappa shape index (κ2) is 5.11. The molecule has 0 fully saturated rings. The number of nitrogens with two attached hydrogens (primary N) is 1. The molecule has 100 valence electrons. The van der Waals surface area contributed by atoms with E-state index in [0.717, 1.165) is 11.8 Å². The molecule has 0 radical (unpaired) electrons. The lowest BCUT2D eigenvalue weighted by Crippen LogP contribution is -2.12. The van der Waals surface area contributed by atoms with Crippen LogP contribution in [0.2, 0.25) is 0 Å². The molecule has 2 aromatic rings. The standard InChI is InChI=1S/C14H14FNO2S/c1-19(17,18)13-4-2-3-11(9-13)14(16)10-5-7-12(15)8-6-10/h2-9,14H,16H2,1H3/t14-/m1/s1. The Morgan fingerprint density at radius 2 is 1.68 bits per heavy atom. The Labute approximate surface area is 111 Å². The van der Waals surface area contributed by atoms with Crippen LogP contribution in [0.1, 0.15) is 17.2 Å². The zero-order valence-corrected chi connectivity index (χ0v) is 11.2. The van der Waals surface area contributed by atoms with Crippen molar-refractivity contribution in [2.75, 3.05) is 6.26 Å². The van der Waals surface area contributed by atoms with E-state index in [1.165, 1.54) is 18.2 Å². The highest BCUT2D eigenvalue weighted by atomic mass is 32.2. The van der Waals surface area contributed by atoms with Gasteiger partial charge in [-0.15, -0.1) is 0 Å². The number of benzene rings is 2. The number of hydrogen-bond acceptors (Lipinski definition) is 3. The van der Waals surface area contributed by atoms with Crippen LogP contribution < -0.4 is 5.73 Å². The quantitative estimate of drug-likeness (QED) is 0.937. The average Bonchev–Trinajstić information content (AvgIpc) is 2.38. The van der Waals surface area contributed by atoms with Crippen LogP contribution in [0.25, 0.3) is 0 Å². The van der Waals surface area contributed by atoms with Gasteiger partial charge < -0.3 is 5.73 Å². The molecule has 0 unspecified atom stereocenters. The molecule has 2 N–H and O–H groups in total. The molecular weight excluding hydrogens is 265 g/mol. The second-order valence-corrected chi connectivity index (χ2v) is 6.39. The predicted molar refractivity (Wildman–Crippen MR) is 72.0 cm³/mol. The Balaban J connectivity index is 2.39. The van der Waals surface area contributed by atoms with Crippen molar-refractivity contribution in [2.24, 2.45) is 5.73 Å². The molecule has 5 heteroatoms. The third-order valence-electron chi connectivity index (χ3n) is 2.87. The van der Waals surface area contributed by atoms with Crippen LogP contribution in [0.15, 0.2) is 53.4 Å². The predicted octanol–water partition coefficient (Wildman–Crippen LogP) is 2.28. The summed E-state index contributed by atoms with van der Waals surface area (Å²) < 4.78 is 35.8. The number of sulfone groups is 1. The molecule has 0 bridgehead atoms. The zero-order valence-electron chi connectivity index (χ0n) is 10.4. The molecule has 3 nitrogen and oxygen atoms in total. The maximum absolute atomic E-state index is 12.9. The smallest absolute Gasteiger partial charge is 0.175 e. The summed E-state index contributed by atoms with van der Waals surface area (Å²) in [6.07, 6.45) is 1.15. The fourth-order valence-corrected chi connectivity index (χ4v) is 2.48. The van der Waals surface area contributed by atoms with E-state index in [1.54, 1.807) is 30.3 Å². The maximum Gasteiger partial charge on any atom is 0.175 e. The largest absolute Gasteiger partial charge is 0.320 e. The van der Waals surface area contributed by atoms with Gasteiger partial charge in [0.15, 0.2) is 9.84 Å². The summed E-state index contributed by atoms with van der Waals surface area (Å²) >= 11 is 0. The van der Waals surface area contributed by atoms with Gasteiger partial charge in [0.05, 0.1) is 10.9 Å². The van der Waals surface area contributed by atoms with Crippen molar-refractivity contribution in [3.05, 3.63) is 65.5 Å². The molecule has 0 aromatic heterocycles. The van der Waals surface area contributed by atoms with Crippen LogP contribution in [0.4, 0.5) is 4.39 Å². The Kier molecular flexibility index (Phi) is 3.68. The first-order valence-electron chi connectivity index (χ1n) is 5.69. The molecule has 0 aliphatic heterocycles. The lowest BCUT2D eigenvalue weighted by molar-refractivity contribution is 0.601. The van der Waals surface area contributed by atoms with Crippen molar-refractivity contribution < 1.29 is 12.8 Å². The highest BCUT2D eigenvalue weighted by Gasteiger charge is 2.13. The van der Waals surface area contributed by atoms with Crippen LogP contribution in [0.3, 0.4) is 0 Å². The van der Waals surface area contributed by atoms with Gasteiger partial charge in [0.2, 0.25) is 0 Å². The molecular formula is C14H14FNO2S. The maximum atomic E-state index is 12.9. The second-order valence-electron chi connectivity index (χ2n) is 4.37. The molecule has 19 heavy (non-hydrogen) atoms. The SMILES string of the molecule is CS(=O)(=O)c1cccc([C@H](N)c2ccc(F)cc2)c1. The van der Waals surface area contributed by atoms with Crippen molar-refractivity contribution in [2.45, 2.75) is 10.9 Å². The van der Waals surface area contributed by atoms with E-state index in [0.29, 0.717) is 5.56 Å². The summed E-state index contributed by atoms with van der Waals surface area (Å²) in [5.41, 5.74) is 7.47. The Morgan fingerprint density at radius 3 is 2.26 bits per heavy atom. The van der Waals surface area contributed by atoms with E-state index in [4.69, 9.17) is 5.73 Å². The van der Waals surface area contributed by atoms with Gasteiger partial charge in [-0.2, -0.15) is 0 Å². The van der Waals surface area contributed by atoms with E-state index in [2.05, 4.69) is 0 Å². The lowest BCUT2D eigenvalue weighted by Gasteiger charge is -2.13. The minimum Gasteiger partial charge on any atom is -0.320 e. The van der Waals surface area contributed by atoms with Crippen molar-refractivity contribution >= 4 is 9.84 Å². The highest BCUT2D eigenvalue weighted by Crippen LogP contribution is 2.22. The van der Waals surface area contributed by atoms with Gasteiger partial charge in [0.25, 0.3) is 0 Å². The fourth-order valence-electron chi connectivity index (χ4n) is 1.80. The Morgan fingerprint density at radius 1 is 1.05 bits per heavy atom. The first kappa shape index (κ1) is 13.7. The third kappa shape index (κ3) is 3.19. The van der Waals surface area contributed by atoms with Crippen molar-refractivity contribution in [3.63, 3.8) is 0 Å². The molecule has 0 heterocycles. The summed E-state index contributed by atoms with van der Waals surface area (Å²) in [6.45, 7) is 0. The Hall–Kier alpha value is -1.72. The third-order valence-corrected chi connectivity index (χ3v) is 3.98. The minimum atomic E-state index is -3.26. The first-order chi connectivity index (χ1) is 8.88. The molecule has 0 saturated heterocycles. The molecule has 0 amide bonds. The normalized spacial score (nSPS) is 13.2. The minimum absolute atomic E-state index is 0.225. The molecule has 1 atom stereocenters. The Bertz CT molecular complexity index is 681. The van der Waals surface area contributed by atoms with Crippen LogP contribution in [-0.2, 0) is 9.84 Å². The molecule has 0 aliphatic rings. The van der Waals surface area contributed by atoms with Gasteiger partial charge in [0.1, 0.15) is 5.82 Å². The highest BCUT2D eigenvalue weighted by molar-refractivity contribution is 7.90. The van der Waals surface area contributed by atoms with Crippen LogP contribution >= 0.6 is 0 Å². The van der Waals surface area contributed by atoms with Crippen LogP contribution in [0.5, 0.6) is 0 Å². The zero-order chi connectivity index (χ0) is 14.0. The molecule has 2 aromatic carbocycles. The van der Waals surface area contributed by atoms with Gasteiger partial charge in [-0.1, -0.05) is 24.3 Å². The van der Waals surface area contributed by atoms with Crippen LogP contribution in [-0.4, -0.2) is 14.7 Å². The van der Waals surface area contributed by atoms with Crippen molar-refractivity contribution in [1.82, 2.24) is 0 Å². The van der Waals surface area contributed by atoms with E-state index in [1.807, 2.05) is 0 Å². The fraction of sp³-hybridized carbons (Fsp3) is 0.143. The lowest BCUT2D eigenvalue weighted by atomic mass is 10.00. The van der Waals surface area contributed by atoms with Gasteiger partial charge in [-0.3, -0.25) is 0 Å². The number of rotatable bonds is 3. The van der Waals surface area contributed by atoms with E-state index < -0.39 is 15.9 Å². The molecule has 0 saturated carbocycles. The van der Waals surface area contributed by atoms with E-state index >= 15 is 0 Å². The molecule has 0 aliphatic carbocycles. The number of halogens is 1. The number of hydrogen-bond donors (Lipinski definition) is 1. The van der Waals surface area contributed by atoms with Crippen molar-refractivity contribution in [1.29, 1.82) is 0 Å². The van der Waals surface area contributed by atoms with Gasteiger partial charge in [-0.25, -0.2) is 12.8 Å². The summed E-state index contributed by atoms with van der Waals surface area (Å²) in [4.78, 5) is 0.225. The van der Waals surface area contributed by atoms with Gasteiger partial charge in [0, 0.05) is 6.26 Å². The van der Waals surface area contributed by atoms with Gasteiger partial charge >= 0.3 is 0 Å². The summed E-state index contributed by atoms with van der Waals surface area (Å²) in [5.74, 6) is -0.333. The monoisotopic (exact) mass is 279 g/mol.